The van der Waals surface area contributed by atoms with Gasteiger partial charge in [-0.25, -0.2) is 4.79 Å². The Hall–Kier alpha value is -1.95. The largest absolute Gasteiger partial charge is 0.488 e. The van der Waals surface area contributed by atoms with Crippen LogP contribution in [0.1, 0.15) is 32.1 Å². The zero-order valence-corrected chi connectivity index (χ0v) is 12.9. The first-order valence-corrected chi connectivity index (χ1v) is 7.65. The number of ether oxygens (including phenoxy) is 1. The Labute approximate surface area is 133 Å². The lowest BCUT2D eigenvalue weighted by Crippen LogP contribution is -2.30. The van der Waals surface area contributed by atoms with Crippen molar-refractivity contribution in [2.75, 3.05) is 11.9 Å². The molecule has 0 aromatic heterocycles. The number of hydrogen-bond donors (Lipinski definition) is 3. The van der Waals surface area contributed by atoms with E-state index >= 15 is 0 Å². The molecular formula is C15H19ClN2O4. The average molecular weight is 327 g/mol. The SMILES string of the molecule is O=C(O)CCNC(=O)Nc1cc(Cl)ccc1OC1CCCC1. The summed E-state index contributed by atoms with van der Waals surface area (Å²) >= 11 is 5.96. The van der Waals surface area contributed by atoms with Crippen LogP contribution in [0.5, 0.6) is 5.75 Å². The quantitative estimate of drug-likeness (QED) is 0.748. The molecule has 0 bridgehead atoms. The van der Waals surface area contributed by atoms with Crippen molar-refractivity contribution in [3.05, 3.63) is 23.2 Å². The smallest absolute Gasteiger partial charge is 0.319 e. The second-order valence-corrected chi connectivity index (χ2v) is 5.63. The molecule has 1 aliphatic rings. The molecule has 0 radical (unpaired) electrons. The minimum atomic E-state index is -0.965. The molecule has 2 amide bonds. The van der Waals surface area contributed by atoms with Gasteiger partial charge in [0.15, 0.2) is 0 Å². The summed E-state index contributed by atoms with van der Waals surface area (Å²) in [5.41, 5.74) is 0.479. The fraction of sp³-hybridized carbons (Fsp3) is 0.467. The van der Waals surface area contributed by atoms with Crippen molar-refractivity contribution in [2.24, 2.45) is 0 Å². The first-order chi connectivity index (χ1) is 10.5. The first-order valence-electron chi connectivity index (χ1n) is 7.27. The summed E-state index contributed by atoms with van der Waals surface area (Å²) in [6.07, 6.45) is 4.35. The van der Waals surface area contributed by atoms with Crippen LogP contribution in [0, 0.1) is 0 Å². The van der Waals surface area contributed by atoms with Crippen LogP contribution in [0.25, 0.3) is 0 Å². The maximum atomic E-state index is 11.8. The molecule has 22 heavy (non-hydrogen) atoms. The molecule has 0 unspecified atom stereocenters. The minimum Gasteiger partial charge on any atom is -0.488 e. The fourth-order valence-corrected chi connectivity index (χ4v) is 2.51. The van der Waals surface area contributed by atoms with Gasteiger partial charge in [-0.3, -0.25) is 4.79 Å². The molecule has 0 spiro atoms. The highest BCUT2D eigenvalue weighted by Gasteiger charge is 2.18. The van der Waals surface area contributed by atoms with Gasteiger partial charge in [0.05, 0.1) is 18.2 Å². The van der Waals surface area contributed by atoms with Crippen LogP contribution < -0.4 is 15.4 Å². The summed E-state index contributed by atoms with van der Waals surface area (Å²) in [6.45, 7) is 0.0561. The number of benzene rings is 1. The second-order valence-electron chi connectivity index (χ2n) is 5.19. The number of amides is 2. The van der Waals surface area contributed by atoms with Gasteiger partial charge in [-0.15, -0.1) is 0 Å². The Kier molecular flexibility index (Phi) is 5.89. The van der Waals surface area contributed by atoms with E-state index in [0.29, 0.717) is 16.5 Å². The molecule has 3 N–H and O–H groups in total. The predicted molar refractivity (Wildman–Crippen MR) is 83.6 cm³/mol. The maximum Gasteiger partial charge on any atom is 0.319 e. The van der Waals surface area contributed by atoms with Crippen LogP contribution in [-0.4, -0.2) is 29.8 Å². The topological polar surface area (TPSA) is 87.7 Å². The van der Waals surface area contributed by atoms with Crippen LogP contribution >= 0.6 is 11.6 Å². The van der Waals surface area contributed by atoms with Gasteiger partial charge in [-0.2, -0.15) is 0 Å². The van der Waals surface area contributed by atoms with Crippen LogP contribution in [0.15, 0.2) is 18.2 Å². The van der Waals surface area contributed by atoms with Crippen molar-refractivity contribution in [3.63, 3.8) is 0 Å². The fourth-order valence-electron chi connectivity index (χ4n) is 2.34. The second kappa shape index (κ2) is 7.89. The number of hydrogen-bond acceptors (Lipinski definition) is 3. The molecule has 0 aliphatic heterocycles. The number of anilines is 1. The number of halogens is 1. The number of carboxylic acids is 1. The van der Waals surface area contributed by atoms with Gasteiger partial charge in [-0.1, -0.05) is 11.6 Å². The van der Waals surface area contributed by atoms with E-state index in [1.54, 1.807) is 18.2 Å². The highest BCUT2D eigenvalue weighted by molar-refractivity contribution is 6.31. The van der Waals surface area contributed by atoms with Gasteiger partial charge in [0, 0.05) is 11.6 Å². The van der Waals surface area contributed by atoms with Crippen LogP contribution in [0.4, 0.5) is 10.5 Å². The molecule has 1 saturated carbocycles. The zero-order valence-electron chi connectivity index (χ0n) is 12.1. The molecule has 1 aromatic rings. The number of urea groups is 1. The van der Waals surface area contributed by atoms with E-state index in [2.05, 4.69) is 10.6 Å². The van der Waals surface area contributed by atoms with Crippen molar-refractivity contribution in [2.45, 2.75) is 38.2 Å². The third-order valence-corrected chi connectivity index (χ3v) is 3.65. The van der Waals surface area contributed by atoms with Gasteiger partial charge in [-0.05, 0) is 43.9 Å². The van der Waals surface area contributed by atoms with Gasteiger partial charge < -0.3 is 20.5 Å². The molecule has 1 aromatic carbocycles. The van der Waals surface area contributed by atoms with E-state index in [0.717, 1.165) is 25.7 Å². The Balaban J connectivity index is 1.97. The van der Waals surface area contributed by atoms with Crippen molar-refractivity contribution < 1.29 is 19.4 Å². The molecule has 7 heteroatoms. The number of carbonyl (C=O) groups excluding carboxylic acids is 1. The van der Waals surface area contributed by atoms with Gasteiger partial charge in [0.2, 0.25) is 0 Å². The summed E-state index contributed by atoms with van der Waals surface area (Å²) in [5, 5.41) is 14.2. The number of rotatable bonds is 6. The maximum absolute atomic E-state index is 11.8. The minimum absolute atomic E-state index is 0.0561. The Bertz CT molecular complexity index is 544. The Morgan fingerprint density at radius 1 is 1.32 bits per heavy atom. The molecule has 0 atom stereocenters. The monoisotopic (exact) mass is 326 g/mol. The first kappa shape index (κ1) is 16.4. The normalized spacial score (nSPS) is 14.6. The molecule has 1 fully saturated rings. The summed E-state index contributed by atoms with van der Waals surface area (Å²) in [5.74, 6) is -0.391. The van der Waals surface area contributed by atoms with Gasteiger partial charge in [0.25, 0.3) is 0 Å². The van der Waals surface area contributed by atoms with E-state index < -0.39 is 12.0 Å². The van der Waals surface area contributed by atoms with Crippen LogP contribution in [-0.2, 0) is 4.79 Å². The van der Waals surface area contributed by atoms with Crippen molar-refractivity contribution in [3.8, 4) is 5.75 Å². The average Bonchev–Trinajstić information content (AvgIpc) is 2.94. The van der Waals surface area contributed by atoms with Crippen molar-refractivity contribution in [1.82, 2.24) is 5.32 Å². The lowest BCUT2D eigenvalue weighted by atomic mass is 10.2. The molecule has 6 nitrogen and oxygen atoms in total. The molecular weight excluding hydrogens is 308 g/mol. The lowest BCUT2D eigenvalue weighted by Gasteiger charge is -2.17. The summed E-state index contributed by atoms with van der Waals surface area (Å²) in [7, 11) is 0. The van der Waals surface area contributed by atoms with Gasteiger partial charge >= 0.3 is 12.0 Å². The molecule has 1 aliphatic carbocycles. The van der Waals surface area contributed by atoms with E-state index in [9.17, 15) is 9.59 Å². The van der Waals surface area contributed by atoms with E-state index in [-0.39, 0.29) is 19.1 Å². The van der Waals surface area contributed by atoms with Crippen molar-refractivity contribution >= 4 is 29.3 Å². The van der Waals surface area contributed by atoms with Crippen LogP contribution in [0.3, 0.4) is 0 Å². The van der Waals surface area contributed by atoms with E-state index in [4.69, 9.17) is 21.4 Å². The molecule has 120 valence electrons. The highest BCUT2D eigenvalue weighted by atomic mass is 35.5. The van der Waals surface area contributed by atoms with Gasteiger partial charge in [0.1, 0.15) is 5.75 Å². The lowest BCUT2D eigenvalue weighted by molar-refractivity contribution is -0.136. The number of nitrogens with one attached hydrogen (secondary N) is 2. The summed E-state index contributed by atoms with van der Waals surface area (Å²) < 4.78 is 5.91. The Morgan fingerprint density at radius 2 is 2.05 bits per heavy atom. The Morgan fingerprint density at radius 3 is 2.73 bits per heavy atom. The number of aliphatic carboxylic acids is 1. The highest BCUT2D eigenvalue weighted by Crippen LogP contribution is 2.32. The third kappa shape index (κ3) is 5.11. The summed E-state index contributed by atoms with van der Waals surface area (Å²) in [6, 6.07) is 4.56. The standard InChI is InChI=1S/C15H19ClN2O4/c16-10-5-6-13(22-11-3-1-2-4-11)12(9-10)18-15(21)17-8-7-14(19)20/h5-6,9,11H,1-4,7-8H2,(H,19,20)(H2,17,18,21). The third-order valence-electron chi connectivity index (χ3n) is 3.41. The van der Waals surface area contributed by atoms with Crippen molar-refractivity contribution in [1.29, 1.82) is 0 Å². The molecule has 2 rings (SSSR count). The molecule has 0 saturated heterocycles. The van der Waals surface area contributed by atoms with E-state index in [1.165, 1.54) is 0 Å². The number of carbonyl (C=O) groups is 2. The summed E-state index contributed by atoms with van der Waals surface area (Å²) in [4.78, 5) is 22.2. The van der Waals surface area contributed by atoms with E-state index in [1.807, 2.05) is 0 Å². The van der Waals surface area contributed by atoms with Crippen LogP contribution in [0.2, 0.25) is 5.02 Å². The number of carboxylic acid groups (broad SMARTS) is 1. The predicted octanol–water partition coefficient (Wildman–Crippen LogP) is 3.26. The zero-order chi connectivity index (χ0) is 15.9. The molecule has 0 heterocycles.